The van der Waals surface area contributed by atoms with Crippen LogP contribution in [0.1, 0.15) is 28.3 Å². The quantitative estimate of drug-likeness (QED) is 0.327. The van der Waals surface area contributed by atoms with Gasteiger partial charge in [-0.05, 0) is 53.9 Å². The van der Waals surface area contributed by atoms with Gasteiger partial charge in [-0.25, -0.2) is 4.39 Å². The molecule has 1 aromatic heterocycles. The number of amides is 1. The van der Waals surface area contributed by atoms with Crippen molar-refractivity contribution < 1.29 is 19.1 Å². The monoisotopic (exact) mass is 480 g/mol. The van der Waals surface area contributed by atoms with E-state index in [0.29, 0.717) is 11.1 Å². The molecule has 5 nitrogen and oxygen atoms in total. The molecule has 1 aliphatic rings. The number of pyridine rings is 1. The number of Topliss-reactive ketones (excluding diaryl/α,β-unsaturated/α-hetero) is 1. The van der Waals surface area contributed by atoms with Crippen LogP contribution in [-0.2, 0) is 16.1 Å². The number of aliphatic hydroxyl groups is 1. The zero-order valence-electron chi connectivity index (χ0n) is 16.5. The summed E-state index contributed by atoms with van der Waals surface area (Å²) in [5.74, 6) is -2.43. The summed E-state index contributed by atoms with van der Waals surface area (Å²) in [4.78, 5) is 31.4. The van der Waals surface area contributed by atoms with Crippen LogP contribution < -0.4 is 0 Å². The van der Waals surface area contributed by atoms with Crippen molar-refractivity contribution in [1.82, 2.24) is 9.88 Å². The fourth-order valence-corrected chi connectivity index (χ4v) is 3.88. The SMILES string of the molecule is Cc1ccc(C(O)=C2C(=O)C(=O)N(Cc3ccncc3)[C@H]2c2ccc(Br)cc2)cc1F. The lowest BCUT2D eigenvalue weighted by Gasteiger charge is -2.25. The number of carbonyl (C=O) groups excluding carboxylic acids is 2. The third kappa shape index (κ3) is 4.01. The Morgan fingerprint density at radius 2 is 1.77 bits per heavy atom. The van der Waals surface area contributed by atoms with Gasteiger partial charge in [0.25, 0.3) is 11.7 Å². The molecule has 156 valence electrons. The fourth-order valence-electron chi connectivity index (χ4n) is 3.62. The third-order valence-electron chi connectivity index (χ3n) is 5.27. The summed E-state index contributed by atoms with van der Waals surface area (Å²) in [6.45, 7) is 1.77. The number of rotatable bonds is 4. The van der Waals surface area contributed by atoms with Crippen LogP contribution in [0.2, 0.25) is 0 Å². The van der Waals surface area contributed by atoms with Crippen molar-refractivity contribution in [3.63, 3.8) is 0 Å². The van der Waals surface area contributed by atoms with Gasteiger partial charge in [0.05, 0.1) is 11.6 Å². The number of nitrogens with zero attached hydrogens (tertiary/aromatic N) is 2. The Morgan fingerprint density at radius 3 is 2.42 bits per heavy atom. The maximum atomic E-state index is 14.1. The molecule has 0 unspecified atom stereocenters. The summed E-state index contributed by atoms with van der Waals surface area (Å²) in [6, 6.07) is 14.1. The second kappa shape index (κ2) is 8.43. The Labute approximate surface area is 187 Å². The Kier molecular flexibility index (Phi) is 5.69. The van der Waals surface area contributed by atoms with Gasteiger partial charge >= 0.3 is 0 Å². The zero-order valence-corrected chi connectivity index (χ0v) is 18.1. The molecule has 3 aromatic rings. The van der Waals surface area contributed by atoms with Crippen LogP contribution in [0.15, 0.2) is 77.0 Å². The highest BCUT2D eigenvalue weighted by Gasteiger charge is 2.46. The predicted octanol–water partition coefficient (Wildman–Crippen LogP) is 4.91. The summed E-state index contributed by atoms with van der Waals surface area (Å²) >= 11 is 3.38. The van der Waals surface area contributed by atoms with Crippen molar-refractivity contribution in [2.24, 2.45) is 0 Å². The van der Waals surface area contributed by atoms with Gasteiger partial charge < -0.3 is 10.0 Å². The van der Waals surface area contributed by atoms with Gasteiger partial charge in [0, 0.05) is 29.0 Å². The lowest BCUT2D eigenvalue weighted by atomic mass is 9.95. The van der Waals surface area contributed by atoms with Crippen molar-refractivity contribution in [2.45, 2.75) is 19.5 Å². The third-order valence-corrected chi connectivity index (χ3v) is 5.80. The van der Waals surface area contributed by atoms with E-state index < -0.39 is 29.3 Å². The van der Waals surface area contributed by atoms with E-state index in [0.717, 1.165) is 10.0 Å². The molecule has 4 rings (SSSR count). The second-order valence-corrected chi connectivity index (χ2v) is 8.21. The number of likely N-dealkylation sites (tertiary alicyclic amines) is 1. The number of hydrogen-bond acceptors (Lipinski definition) is 4. The number of ketones is 1. The minimum Gasteiger partial charge on any atom is -0.507 e. The van der Waals surface area contributed by atoms with Gasteiger partial charge in [-0.15, -0.1) is 0 Å². The number of aryl methyl sites for hydroxylation is 1. The highest BCUT2D eigenvalue weighted by atomic mass is 79.9. The van der Waals surface area contributed by atoms with Crippen LogP contribution in [0.4, 0.5) is 4.39 Å². The van der Waals surface area contributed by atoms with Crippen LogP contribution in [0.5, 0.6) is 0 Å². The van der Waals surface area contributed by atoms with Crippen molar-refractivity contribution in [3.05, 3.63) is 105 Å². The molecule has 0 aliphatic carbocycles. The molecule has 1 aliphatic heterocycles. The van der Waals surface area contributed by atoms with E-state index in [4.69, 9.17) is 0 Å². The van der Waals surface area contributed by atoms with Crippen molar-refractivity contribution in [2.75, 3.05) is 0 Å². The largest absolute Gasteiger partial charge is 0.507 e. The molecule has 31 heavy (non-hydrogen) atoms. The molecule has 1 atom stereocenters. The topological polar surface area (TPSA) is 70.5 Å². The van der Waals surface area contributed by atoms with E-state index >= 15 is 0 Å². The highest BCUT2D eigenvalue weighted by molar-refractivity contribution is 9.10. The number of hydrogen-bond donors (Lipinski definition) is 1. The van der Waals surface area contributed by atoms with Crippen molar-refractivity contribution in [3.8, 4) is 0 Å². The van der Waals surface area contributed by atoms with Crippen LogP contribution in [0, 0.1) is 12.7 Å². The highest BCUT2D eigenvalue weighted by Crippen LogP contribution is 2.40. The van der Waals surface area contributed by atoms with E-state index in [1.807, 2.05) is 0 Å². The summed E-state index contributed by atoms with van der Waals surface area (Å²) in [5.41, 5.74) is 1.95. The first-order chi connectivity index (χ1) is 14.9. The van der Waals surface area contributed by atoms with Gasteiger partial charge in [-0.3, -0.25) is 14.6 Å². The van der Waals surface area contributed by atoms with Gasteiger partial charge in [-0.2, -0.15) is 0 Å². The summed E-state index contributed by atoms with van der Waals surface area (Å²) in [6.07, 6.45) is 3.21. The molecule has 1 fully saturated rings. The maximum Gasteiger partial charge on any atom is 0.295 e. The minimum absolute atomic E-state index is 0.0652. The first-order valence-electron chi connectivity index (χ1n) is 9.56. The standard InChI is InChI=1S/C24H18BrFN2O3/c1-14-2-3-17(12-19(14)26)22(29)20-21(16-4-6-18(25)7-5-16)28(24(31)23(20)30)13-15-8-10-27-11-9-15/h2-12,21,29H,13H2,1H3/t21-/m0/s1. The number of aliphatic hydroxyl groups excluding tert-OH is 1. The lowest BCUT2D eigenvalue weighted by Crippen LogP contribution is -2.29. The molecule has 0 bridgehead atoms. The first-order valence-corrected chi connectivity index (χ1v) is 10.4. The molecule has 0 saturated carbocycles. The van der Waals surface area contributed by atoms with E-state index in [-0.39, 0.29) is 17.7 Å². The number of carbonyl (C=O) groups is 2. The van der Waals surface area contributed by atoms with Crippen LogP contribution in [0.25, 0.3) is 5.76 Å². The molecule has 1 saturated heterocycles. The molecule has 1 amide bonds. The maximum absolute atomic E-state index is 14.1. The molecule has 2 heterocycles. The lowest BCUT2D eigenvalue weighted by molar-refractivity contribution is -0.140. The molecule has 0 radical (unpaired) electrons. The fraction of sp³-hybridized carbons (Fsp3) is 0.125. The van der Waals surface area contributed by atoms with Gasteiger partial charge in [0.2, 0.25) is 0 Å². The van der Waals surface area contributed by atoms with E-state index in [1.54, 1.807) is 55.7 Å². The molecule has 0 spiro atoms. The van der Waals surface area contributed by atoms with Crippen LogP contribution in [-0.4, -0.2) is 26.7 Å². The van der Waals surface area contributed by atoms with Crippen molar-refractivity contribution >= 4 is 33.4 Å². The number of halogens is 2. The second-order valence-electron chi connectivity index (χ2n) is 7.30. The van der Waals surface area contributed by atoms with Gasteiger partial charge in [0.1, 0.15) is 11.6 Å². The van der Waals surface area contributed by atoms with E-state index in [1.165, 1.54) is 23.1 Å². The first kappa shape index (κ1) is 20.9. The Morgan fingerprint density at radius 1 is 1.10 bits per heavy atom. The van der Waals surface area contributed by atoms with Crippen molar-refractivity contribution in [1.29, 1.82) is 0 Å². The van der Waals surface area contributed by atoms with E-state index in [2.05, 4.69) is 20.9 Å². The molecular weight excluding hydrogens is 463 g/mol. The summed E-state index contributed by atoms with van der Waals surface area (Å²) < 4.78 is 15.0. The molecule has 2 aromatic carbocycles. The average Bonchev–Trinajstić information content (AvgIpc) is 3.01. The zero-order chi connectivity index (χ0) is 22.1. The van der Waals surface area contributed by atoms with Gasteiger partial charge in [-0.1, -0.05) is 40.2 Å². The smallest absolute Gasteiger partial charge is 0.295 e. The molecular formula is C24H18BrFN2O3. The Bertz CT molecular complexity index is 1190. The minimum atomic E-state index is -0.814. The van der Waals surface area contributed by atoms with Gasteiger partial charge in [0.15, 0.2) is 0 Å². The Balaban J connectivity index is 1.87. The molecule has 7 heteroatoms. The summed E-state index contributed by atoms with van der Waals surface area (Å²) in [5, 5.41) is 11.0. The van der Waals surface area contributed by atoms with Crippen LogP contribution in [0.3, 0.4) is 0 Å². The number of benzene rings is 2. The van der Waals surface area contributed by atoms with Crippen LogP contribution >= 0.6 is 15.9 Å². The average molecular weight is 481 g/mol. The summed E-state index contributed by atoms with van der Waals surface area (Å²) in [7, 11) is 0. The molecule has 1 N–H and O–H groups in total. The number of aromatic nitrogens is 1. The Hall–Kier alpha value is -3.32. The predicted molar refractivity (Wildman–Crippen MR) is 117 cm³/mol. The van der Waals surface area contributed by atoms with E-state index in [9.17, 15) is 19.1 Å². The normalized spacial score (nSPS) is 17.9.